The molecule has 1 amide bonds. The number of amides is 1. The summed E-state index contributed by atoms with van der Waals surface area (Å²) in [5, 5.41) is 2.97. The molecule has 0 saturated heterocycles. The number of ether oxygens (including phenoxy) is 2. The Balaban J connectivity index is 1.45. The van der Waals surface area contributed by atoms with Crippen molar-refractivity contribution >= 4 is 5.91 Å². The van der Waals surface area contributed by atoms with E-state index in [0.29, 0.717) is 30.4 Å². The minimum Gasteiger partial charge on any atom is -0.490 e. The van der Waals surface area contributed by atoms with Gasteiger partial charge in [-0.05, 0) is 36.8 Å². The summed E-state index contributed by atoms with van der Waals surface area (Å²) in [6.45, 7) is 3.19. The summed E-state index contributed by atoms with van der Waals surface area (Å²) in [4.78, 5) is 25.1. The Kier molecular flexibility index (Phi) is 5.14. The van der Waals surface area contributed by atoms with E-state index in [1.165, 1.54) is 12.4 Å². The summed E-state index contributed by atoms with van der Waals surface area (Å²) in [6.07, 6.45) is 7.26. The van der Waals surface area contributed by atoms with Crippen molar-refractivity contribution in [2.75, 3.05) is 13.2 Å². The van der Waals surface area contributed by atoms with E-state index in [2.05, 4.69) is 20.3 Å². The predicted octanol–water partition coefficient (Wildman–Crippen LogP) is 3.19. The third-order valence-corrected chi connectivity index (χ3v) is 4.45. The zero-order valence-electron chi connectivity index (χ0n) is 15.5. The molecule has 2 aromatic heterocycles. The van der Waals surface area contributed by atoms with E-state index >= 15 is 0 Å². The molecule has 0 radical (unpaired) electrons. The molecule has 1 aliphatic rings. The zero-order valence-corrected chi connectivity index (χ0v) is 15.5. The van der Waals surface area contributed by atoms with Crippen LogP contribution in [0.4, 0.5) is 0 Å². The first kappa shape index (κ1) is 17.9. The maximum absolute atomic E-state index is 12.6. The van der Waals surface area contributed by atoms with Gasteiger partial charge in [0.1, 0.15) is 0 Å². The number of rotatable bonds is 4. The molecule has 1 aliphatic heterocycles. The second-order valence-electron chi connectivity index (χ2n) is 6.49. The molecule has 1 N–H and O–H groups in total. The lowest BCUT2D eigenvalue weighted by molar-refractivity contribution is 0.0939. The molecular formula is C21H20N4O3. The second-order valence-corrected chi connectivity index (χ2v) is 6.49. The number of hydrogen-bond acceptors (Lipinski definition) is 6. The largest absolute Gasteiger partial charge is 0.490 e. The van der Waals surface area contributed by atoms with Gasteiger partial charge in [-0.15, -0.1) is 0 Å². The van der Waals surface area contributed by atoms with E-state index in [1.54, 1.807) is 12.4 Å². The van der Waals surface area contributed by atoms with Crippen LogP contribution >= 0.6 is 0 Å². The van der Waals surface area contributed by atoms with Gasteiger partial charge >= 0.3 is 0 Å². The smallest absolute Gasteiger partial charge is 0.254 e. The highest BCUT2D eigenvalue weighted by Gasteiger charge is 2.16. The molecule has 3 aromatic rings. The van der Waals surface area contributed by atoms with Gasteiger partial charge in [0.05, 0.1) is 24.8 Å². The van der Waals surface area contributed by atoms with Crippen LogP contribution in [-0.4, -0.2) is 34.1 Å². The molecule has 7 nitrogen and oxygen atoms in total. The molecule has 1 atom stereocenters. The molecule has 4 rings (SSSR count). The van der Waals surface area contributed by atoms with Crippen LogP contribution in [0.1, 0.15) is 35.3 Å². The number of aromatic nitrogens is 3. The second kappa shape index (κ2) is 8.04. The van der Waals surface area contributed by atoms with Gasteiger partial charge in [0.2, 0.25) is 0 Å². The minimum absolute atomic E-state index is 0.206. The van der Waals surface area contributed by atoms with Crippen molar-refractivity contribution in [2.24, 2.45) is 0 Å². The van der Waals surface area contributed by atoms with Crippen LogP contribution in [-0.2, 0) is 0 Å². The lowest BCUT2D eigenvalue weighted by atomic mass is 10.1. The van der Waals surface area contributed by atoms with Crippen LogP contribution in [0.2, 0.25) is 0 Å². The fourth-order valence-corrected chi connectivity index (χ4v) is 2.90. The van der Waals surface area contributed by atoms with E-state index in [0.717, 1.165) is 23.3 Å². The maximum atomic E-state index is 12.6. The molecule has 1 aromatic carbocycles. The van der Waals surface area contributed by atoms with Crippen LogP contribution in [0, 0.1) is 0 Å². The van der Waals surface area contributed by atoms with E-state index in [4.69, 9.17) is 9.47 Å². The summed E-state index contributed by atoms with van der Waals surface area (Å²) in [5.41, 5.74) is 2.13. The highest BCUT2D eigenvalue weighted by atomic mass is 16.5. The Morgan fingerprint density at radius 2 is 1.86 bits per heavy atom. The van der Waals surface area contributed by atoms with Crippen molar-refractivity contribution in [3.8, 4) is 22.9 Å². The third kappa shape index (κ3) is 3.93. The van der Waals surface area contributed by atoms with E-state index in [1.807, 2.05) is 37.3 Å². The fraction of sp³-hybridized carbons (Fsp3) is 0.238. The van der Waals surface area contributed by atoms with E-state index < -0.39 is 0 Å². The van der Waals surface area contributed by atoms with Crippen molar-refractivity contribution < 1.29 is 14.3 Å². The standard InChI is InChI=1S/C21H20N4O3/c1-14(15-5-6-18-19(10-15)28-9-3-8-27-18)25-21(26)17-12-23-20(24-13-17)16-4-2-7-22-11-16/h2,4-7,10-14H,3,8-9H2,1H3,(H,25,26)/t14-/m1/s1. The molecular weight excluding hydrogens is 356 g/mol. The van der Waals surface area contributed by atoms with Crippen molar-refractivity contribution in [3.05, 3.63) is 66.2 Å². The number of hydrogen-bond donors (Lipinski definition) is 1. The summed E-state index contributed by atoms with van der Waals surface area (Å²) in [6, 6.07) is 9.20. The molecule has 7 heteroatoms. The number of benzene rings is 1. The topological polar surface area (TPSA) is 86.2 Å². The first-order chi connectivity index (χ1) is 13.7. The molecule has 28 heavy (non-hydrogen) atoms. The van der Waals surface area contributed by atoms with Crippen molar-refractivity contribution in [1.29, 1.82) is 0 Å². The Labute approximate surface area is 162 Å². The first-order valence-electron chi connectivity index (χ1n) is 9.13. The van der Waals surface area contributed by atoms with Crippen LogP contribution in [0.15, 0.2) is 55.1 Å². The van der Waals surface area contributed by atoms with Crippen molar-refractivity contribution in [1.82, 2.24) is 20.3 Å². The summed E-state index contributed by atoms with van der Waals surface area (Å²) in [7, 11) is 0. The lowest BCUT2D eigenvalue weighted by Crippen LogP contribution is -2.27. The van der Waals surface area contributed by atoms with E-state index in [9.17, 15) is 4.79 Å². The molecule has 0 unspecified atom stereocenters. The average Bonchev–Trinajstić information content (AvgIpc) is 2.99. The molecule has 0 spiro atoms. The molecule has 0 bridgehead atoms. The monoisotopic (exact) mass is 376 g/mol. The summed E-state index contributed by atoms with van der Waals surface area (Å²) < 4.78 is 11.4. The van der Waals surface area contributed by atoms with Gasteiger partial charge in [0.15, 0.2) is 17.3 Å². The van der Waals surface area contributed by atoms with Gasteiger partial charge in [-0.1, -0.05) is 6.07 Å². The third-order valence-electron chi connectivity index (χ3n) is 4.45. The number of nitrogens with zero attached hydrogens (tertiary/aromatic N) is 3. The van der Waals surface area contributed by atoms with Gasteiger partial charge < -0.3 is 14.8 Å². The Hall–Kier alpha value is -3.48. The normalized spacial score (nSPS) is 14.0. The highest BCUT2D eigenvalue weighted by molar-refractivity contribution is 5.94. The summed E-state index contributed by atoms with van der Waals surface area (Å²) >= 11 is 0. The number of carbonyl (C=O) groups is 1. The molecule has 0 aliphatic carbocycles. The first-order valence-corrected chi connectivity index (χ1v) is 9.13. The maximum Gasteiger partial charge on any atom is 0.254 e. The Morgan fingerprint density at radius 3 is 2.61 bits per heavy atom. The fourth-order valence-electron chi connectivity index (χ4n) is 2.90. The quantitative estimate of drug-likeness (QED) is 0.753. The number of fused-ring (bicyclic) bond motifs is 1. The summed E-state index contributed by atoms with van der Waals surface area (Å²) in [5.74, 6) is 1.73. The van der Waals surface area contributed by atoms with Gasteiger partial charge in [-0.2, -0.15) is 0 Å². The predicted molar refractivity (Wildman–Crippen MR) is 103 cm³/mol. The van der Waals surface area contributed by atoms with Gasteiger partial charge in [0.25, 0.3) is 5.91 Å². The van der Waals surface area contributed by atoms with Gasteiger partial charge in [-0.3, -0.25) is 9.78 Å². The lowest BCUT2D eigenvalue weighted by Gasteiger charge is -2.16. The van der Waals surface area contributed by atoms with Crippen LogP contribution in [0.25, 0.3) is 11.4 Å². The van der Waals surface area contributed by atoms with E-state index in [-0.39, 0.29) is 11.9 Å². The average molecular weight is 376 g/mol. The Morgan fingerprint density at radius 1 is 1.07 bits per heavy atom. The molecule has 0 fully saturated rings. The SMILES string of the molecule is C[C@@H](NC(=O)c1cnc(-c2cccnc2)nc1)c1ccc2c(c1)OCCCO2. The highest BCUT2D eigenvalue weighted by Crippen LogP contribution is 2.32. The Bertz CT molecular complexity index is 961. The molecule has 3 heterocycles. The number of nitrogens with one attached hydrogen (secondary N) is 1. The van der Waals surface area contributed by atoms with Crippen molar-refractivity contribution in [3.63, 3.8) is 0 Å². The molecule has 142 valence electrons. The van der Waals surface area contributed by atoms with Crippen LogP contribution in [0.3, 0.4) is 0 Å². The molecule has 0 saturated carbocycles. The number of carbonyl (C=O) groups excluding carboxylic acids is 1. The van der Waals surface area contributed by atoms with Crippen LogP contribution < -0.4 is 14.8 Å². The van der Waals surface area contributed by atoms with Gasteiger partial charge in [0, 0.05) is 36.8 Å². The number of pyridine rings is 1. The zero-order chi connectivity index (χ0) is 19.3. The van der Waals surface area contributed by atoms with Crippen LogP contribution in [0.5, 0.6) is 11.5 Å². The minimum atomic E-state index is -0.239. The van der Waals surface area contributed by atoms with Gasteiger partial charge in [-0.25, -0.2) is 9.97 Å². The van der Waals surface area contributed by atoms with Crippen molar-refractivity contribution in [2.45, 2.75) is 19.4 Å².